The number of rotatable bonds is 6. The summed E-state index contributed by atoms with van der Waals surface area (Å²) in [7, 11) is 0. The summed E-state index contributed by atoms with van der Waals surface area (Å²) < 4.78 is 17.7. The van der Waals surface area contributed by atoms with Crippen molar-refractivity contribution in [2.75, 3.05) is 0 Å². The summed E-state index contributed by atoms with van der Waals surface area (Å²) in [5.41, 5.74) is -0.956. The molecule has 23 heavy (non-hydrogen) atoms. The van der Waals surface area contributed by atoms with Gasteiger partial charge < -0.3 is 14.2 Å². The maximum Gasteiger partial charge on any atom is 0.303 e. The van der Waals surface area contributed by atoms with Gasteiger partial charge in [0.15, 0.2) is 0 Å². The van der Waals surface area contributed by atoms with Gasteiger partial charge in [-0.05, 0) is 53.4 Å². The molecule has 0 saturated carbocycles. The lowest BCUT2D eigenvalue weighted by atomic mass is 9.81. The average molecular weight is 389 g/mol. The monoisotopic (exact) mass is 388 g/mol. The van der Waals surface area contributed by atoms with E-state index in [9.17, 15) is 4.79 Å². The molecule has 132 valence electrons. The van der Waals surface area contributed by atoms with Crippen LogP contribution in [-0.2, 0) is 19.0 Å². The molecular weight excluding hydrogens is 360 g/mol. The number of esters is 1. The highest BCUT2D eigenvalue weighted by atomic mass is 79.9. The van der Waals surface area contributed by atoms with Crippen LogP contribution in [0, 0.1) is 0 Å². The first-order valence-electron chi connectivity index (χ1n) is 8.34. The highest BCUT2D eigenvalue weighted by Crippen LogP contribution is 2.45. The summed E-state index contributed by atoms with van der Waals surface area (Å²) >= 11 is 3.70. The summed E-state index contributed by atoms with van der Waals surface area (Å²) in [5, 5.41) is 0. The van der Waals surface area contributed by atoms with Crippen LogP contribution in [0.2, 0.25) is 0 Å². The Hall–Kier alpha value is -0.390. The number of epoxide rings is 1. The van der Waals surface area contributed by atoms with E-state index in [1.165, 1.54) is 6.92 Å². The molecule has 4 nitrogen and oxygen atoms in total. The molecule has 2 aliphatic heterocycles. The Kier molecular flexibility index (Phi) is 5.34. The van der Waals surface area contributed by atoms with Crippen LogP contribution in [0.3, 0.4) is 0 Å². The lowest BCUT2D eigenvalue weighted by Gasteiger charge is -2.49. The van der Waals surface area contributed by atoms with Crippen LogP contribution >= 0.6 is 15.9 Å². The quantitative estimate of drug-likeness (QED) is 0.296. The van der Waals surface area contributed by atoms with Gasteiger partial charge >= 0.3 is 5.97 Å². The van der Waals surface area contributed by atoms with Crippen molar-refractivity contribution in [2.45, 2.75) is 94.1 Å². The molecule has 0 aromatic rings. The first-order chi connectivity index (χ1) is 10.5. The van der Waals surface area contributed by atoms with Crippen molar-refractivity contribution in [3.05, 3.63) is 12.7 Å². The molecule has 5 heteroatoms. The Morgan fingerprint density at radius 2 is 2.09 bits per heavy atom. The summed E-state index contributed by atoms with van der Waals surface area (Å²) in [4.78, 5) is 11.9. The summed E-state index contributed by atoms with van der Waals surface area (Å²) in [6.45, 7) is 13.5. The predicted molar refractivity (Wildman–Crippen MR) is 93.8 cm³/mol. The van der Waals surface area contributed by atoms with Crippen LogP contribution < -0.4 is 0 Å². The zero-order chi connectivity index (χ0) is 17.5. The largest absolute Gasteiger partial charge is 0.459 e. The Balaban J connectivity index is 2.08. The molecule has 0 unspecified atom stereocenters. The van der Waals surface area contributed by atoms with Crippen molar-refractivity contribution in [1.29, 1.82) is 0 Å². The van der Waals surface area contributed by atoms with Crippen molar-refractivity contribution in [3.63, 3.8) is 0 Å². The van der Waals surface area contributed by atoms with Gasteiger partial charge in [0, 0.05) is 11.8 Å². The fourth-order valence-electron chi connectivity index (χ4n) is 3.57. The average Bonchev–Trinajstić information content (AvgIpc) is 3.10. The summed E-state index contributed by atoms with van der Waals surface area (Å²) in [6, 6.07) is 0. The lowest BCUT2D eigenvalue weighted by molar-refractivity contribution is -0.217. The second kappa shape index (κ2) is 6.49. The van der Waals surface area contributed by atoms with E-state index < -0.39 is 5.60 Å². The third kappa shape index (κ3) is 4.18. The zero-order valence-corrected chi connectivity index (χ0v) is 16.4. The van der Waals surface area contributed by atoms with Crippen molar-refractivity contribution >= 4 is 21.9 Å². The number of hydrogen-bond donors (Lipinski definition) is 0. The predicted octanol–water partition coefficient (Wildman–Crippen LogP) is 4.15. The maximum atomic E-state index is 11.6. The number of ether oxygens (including phenoxy) is 3. The Bertz CT molecular complexity index is 478. The van der Waals surface area contributed by atoms with Gasteiger partial charge in [-0.1, -0.05) is 22.0 Å². The van der Waals surface area contributed by atoms with E-state index >= 15 is 0 Å². The smallest absolute Gasteiger partial charge is 0.303 e. The minimum absolute atomic E-state index is 0.101. The number of carbonyl (C=O) groups is 1. The molecule has 0 amide bonds. The van der Waals surface area contributed by atoms with E-state index in [1.807, 2.05) is 6.08 Å². The highest BCUT2D eigenvalue weighted by molar-refractivity contribution is 9.09. The fourth-order valence-corrected chi connectivity index (χ4v) is 3.89. The number of alkyl halides is 1. The minimum atomic E-state index is -0.478. The molecule has 0 radical (unpaired) electrons. The second-order valence-electron chi connectivity index (χ2n) is 7.75. The van der Waals surface area contributed by atoms with Gasteiger partial charge in [0.25, 0.3) is 0 Å². The molecular formula is C18H29BrO4. The first kappa shape index (κ1) is 18.9. The molecule has 0 aliphatic carbocycles. The molecule has 2 fully saturated rings. The lowest BCUT2D eigenvalue weighted by Crippen LogP contribution is -2.56. The van der Waals surface area contributed by atoms with Crippen LogP contribution in [0.5, 0.6) is 0 Å². The third-order valence-corrected chi connectivity index (χ3v) is 6.75. The van der Waals surface area contributed by atoms with Gasteiger partial charge in [-0.15, -0.1) is 6.58 Å². The topological polar surface area (TPSA) is 48.1 Å². The van der Waals surface area contributed by atoms with Crippen molar-refractivity contribution < 1.29 is 19.0 Å². The highest BCUT2D eigenvalue weighted by Gasteiger charge is 2.53. The van der Waals surface area contributed by atoms with Gasteiger partial charge in [-0.3, -0.25) is 4.79 Å². The van der Waals surface area contributed by atoms with Crippen molar-refractivity contribution in [2.24, 2.45) is 0 Å². The summed E-state index contributed by atoms with van der Waals surface area (Å²) in [6.07, 6.45) is 5.04. The van der Waals surface area contributed by atoms with Crippen LogP contribution in [0.15, 0.2) is 12.7 Å². The van der Waals surface area contributed by atoms with Gasteiger partial charge in [-0.25, -0.2) is 0 Å². The molecule has 0 spiro atoms. The SMILES string of the molecule is C=C[C@@H]1O[C@@]1(C)CC[C@@H](OC(C)=O)[C@]1(C)CC[C@@H](Br)C(C)(C)O1. The Morgan fingerprint density at radius 1 is 1.43 bits per heavy atom. The van der Waals surface area contributed by atoms with Gasteiger partial charge in [0.05, 0.1) is 11.2 Å². The molecule has 0 aromatic carbocycles. The first-order valence-corrected chi connectivity index (χ1v) is 9.26. The van der Waals surface area contributed by atoms with Gasteiger partial charge in [0.1, 0.15) is 17.8 Å². The number of carbonyl (C=O) groups excluding carboxylic acids is 1. The van der Waals surface area contributed by atoms with Crippen LogP contribution in [0.25, 0.3) is 0 Å². The van der Waals surface area contributed by atoms with Crippen LogP contribution in [0.4, 0.5) is 0 Å². The van der Waals surface area contributed by atoms with E-state index in [0.29, 0.717) is 4.83 Å². The Morgan fingerprint density at radius 3 is 2.57 bits per heavy atom. The molecule has 0 aromatic heterocycles. The van der Waals surface area contributed by atoms with E-state index in [1.54, 1.807) is 0 Å². The zero-order valence-electron chi connectivity index (χ0n) is 14.9. The summed E-state index contributed by atoms with van der Waals surface area (Å²) in [5.74, 6) is -0.263. The molecule has 2 heterocycles. The Labute approximate surface area is 148 Å². The van der Waals surface area contributed by atoms with E-state index in [-0.39, 0.29) is 29.4 Å². The fraction of sp³-hybridized carbons (Fsp3) is 0.833. The third-order valence-electron chi connectivity index (χ3n) is 5.19. The molecule has 0 bridgehead atoms. The second-order valence-corrected chi connectivity index (χ2v) is 8.85. The van der Waals surface area contributed by atoms with Crippen LogP contribution in [-0.4, -0.2) is 39.8 Å². The standard InChI is InChI=1S/C18H29BrO4/c1-7-14-17(5,22-14)11-9-15(21-12(2)20)18(6)10-8-13(19)16(3,4)23-18/h7,13-15H,1,8-11H2,2-6H3/t13-,14+,15-,17+,18+/m1/s1. The van der Waals surface area contributed by atoms with Crippen LogP contribution in [0.1, 0.15) is 60.3 Å². The molecule has 5 atom stereocenters. The van der Waals surface area contributed by atoms with Gasteiger partial charge in [0.2, 0.25) is 0 Å². The van der Waals surface area contributed by atoms with E-state index in [4.69, 9.17) is 14.2 Å². The van der Waals surface area contributed by atoms with Crippen molar-refractivity contribution in [3.8, 4) is 0 Å². The van der Waals surface area contributed by atoms with E-state index in [0.717, 1.165) is 25.7 Å². The van der Waals surface area contributed by atoms with Crippen molar-refractivity contribution in [1.82, 2.24) is 0 Å². The minimum Gasteiger partial charge on any atom is -0.459 e. The number of hydrogen-bond acceptors (Lipinski definition) is 4. The molecule has 2 saturated heterocycles. The number of halogens is 1. The van der Waals surface area contributed by atoms with E-state index in [2.05, 4.69) is 50.2 Å². The molecule has 0 N–H and O–H groups in total. The van der Waals surface area contributed by atoms with Gasteiger partial charge in [-0.2, -0.15) is 0 Å². The molecule has 2 aliphatic rings. The maximum absolute atomic E-state index is 11.6. The molecule has 2 rings (SSSR count). The normalized spacial score (nSPS) is 40.3.